The standard InChI is InChI=1S/C8H12BNO/c1-8(2,11)6-3-4-7(9)10-5-6/h3-5,11H,9H2,1-2H3. The molecule has 2 nitrogen and oxygen atoms in total. The van der Waals surface area contributed by atoms with Gasteiger partial charge in [-0.1, -0.05) is 12.1 Å². The number of hydrogen-bond donors (Lipinski definition) is 1. The van der Waals surface area contributed by atoms with Gasteiger partial charge in [0.05, 0.1) is 5.60 Å². The van der Waals surface area contributed by atoms with Crippen molar-refractivity contribution in [2.45, 2.75) is 19.4 Å². The molecule has 0 aliphatic heterocycles. The lowest BCUT2D eigenvalue weighted by molar-refractivity contribution is 0.0783. The topological polar surface area (TPSA) is 33.1 Å². The Kier molecular flexibility index (Phi) is 2.00. The summed E-state index contributed by atoms with van der Waals surface area (Å²) in [6.45, 7) is 3.50. The summed E-state index contributed by atoms with van der Waals surface area (Å²) in [4.78, 5) is 4.09. The number of aliphatic hydroxyl groups is 1. The Balaban J connectivity index is 2.99. The Morgan fingerprint density at radius 1 is 1.45 bits per heavy atom. The van der Waals surface area contributed by atoms with Gasteiger partial charge in [-0.15, -0.1) is 0 Å². The summed E-state index contributed by atoms with van der Waals surface area (Å²) in [6, 6.07) is 3.79. The summed E-state index contributed by atoms with van der Waals surface area (Å²) in [5.74, 6) is 0. The van der Waals surface area contributed by atoms with Gasteiger partial charge in [0.25, 0.3) is 0 Å². The van der Waals surface area contributed by atoms with E-state index in [0.717, 1.165) is 11.2 Å². The number of nitrogens with zero attached hydrogens (tertiary/aromatic N) is 1. The molecule has 0 bridgehead atoms. The van der Waals surface area contributed by atoms with Gasteiger partial charge in [0.1, 0.15) is 0 Å². The first kappa shape index (κ1) is 8.27. The predicted molar refractivity (Wildman–Crippen MR) is 47.7 cm³/mol. The molecule has 0 unspecified atom stereocenters. The normalized spacial score (nSPS) is 11.5. The van der Waals surface area contributed by atoms with E-state index in [0.29, 0.717) is 0 Å². The van der Waals surface area contributed by atoms with E-state index in [1.165, 1.54) is 0 Å². The molecule has 0 spiro atoms. The molecule has 1 rings (SSSR count). The summed E-state index contributed by atoms with van der Waals surface area (Å²) in [5, 5.41) is 9.54. The molecule has 1 N–H and O–H groups in total. The van der Waals surface area contributed by atoms with Crippen LogP contribution in [-0.2, 0) is 5.60 Å². The quantitative estimate of drug-likeness (QED) is 0.549. The Morgan fingerprint density at radius 2 is 2.09 bits per heavy atom. The molecule has 0 saturated carbocycles. The monoisotopic (exact) mass is 149 g/mol. The molecule has 0 radical (unpaired) electrons. The first-order valence-electron chi connectivity index (χ1n) is 3.65. The van der Waals surface area contributed by atoms with Gasteiger partial charge >= 0.3 is 0 Å². The van der Waals surface area contributed by atoms with Crippen molar-refractivity contribution in [2.75, 3.05) is 0 Å². The molecule has 0 atom stereocenters. The van der Waals surface area contributed by atoms with Crippen LogP contribution in [0, 0.1) is 0 Å². The van der Waals surface area contributed by atoms with Crippen molar-refractivity contribution in [3.63, 3.8) is 0 Å². The predicted octanol–water partition coefficient (Wildman–Crippen LogP) is -0.433. The lowest BCUT2D eigenvalue weighted by Gasteiger charge is -2.16. The maximum atomic E-state index is 9.54. The lowest BCUT2D eigenvalue weighted by atomic mass is 9.97. The molecule has 1 heterocycles. The fourth-order valence-corrected chi connectivity index (χ4v) is 0.830. The largest absolute Gasteiger partial charge is 0.386 e. The molecule has 1 aromatic rings. The minimum atomic E-state index is -0.777. The Morgan fingerprint density at radius 3 is 2.45 bits per heavy atom. The van der Waals surface area contributed by atoms with Crippen LogP contribution in [0.4, 0.5) is 0 Å². The molecule has 0 aromatic carbocycles. The molecule has 11 heavy (non-hydrogen) atoms. The van der Waals surface area contributed by atoms with Crippen LogP contribution >= 0.6 is 0 Å². The van der Waals surface area contributed by atoms with Gasteiger partial charge in [-0.3, -0.25) is 4.98 Å². The summed E-state index contributed by atoms with van der Waals surface area (Å²) in [5.41, 5.74) is 1.04. The van der Waals surface area contributed by atoms with Crippen molar-refractivity contribution in [3.8, 4) is 0 Å². The summed E-state index contributed by atoms with van der Waals surface area (Å²) in [6.07, 6.45) is 1.70. The van der Waals surface area contributed by atoms with E-state index in [4.69, 9.17) is 0 Å². The Hall–Kier alpha value is -0.825. The third-order valence-electron chi connectivity index (χ3n) is 1.62. The molecule has 0 aliphatic carbocycles. The first-order chi connectivity index (χ1) is 5.00. The van der Waals surface area contributed by atoms with Crippen molar-refractivity contribution in [1.29, 1.82) is 0 Å². The highest BCUT2D eigenvalue weighted by Crippen LogP contribution is 2.16. The fourth-order valence-electron chi connectivity index (χ4n) is 0.830. The smallest absolute Gasteiger partial charge is 0.163 e. The first-order valence-corrected chi connectivity index (χ1v) is 3.65. The van der Waals surface area contributed by atoms with Crippen molar-refractivity contribution in [2.24, 2.45) is 0 Å². The molecule has 0 aliphatic rings. The van der Waals surface area contributed by atoms with E-state index >= 15 is 0 Å². The van der Waals surface area contributed by atoms with E-state index in [1.54, 1.807) is 20.0 Å². The lowest BCUT2D eigenvalue weighted by Crippen LogP contribution is -2.18. The maximum Gasteiger partial charge on any atom is 0.163 e. The summed E-state index contributed by atoms with van der Waals surface area (Å²) in [7, 11) is 1.92. The number of rotatable bonds is 1. The highest BCUT2D eigenvalue weighted by Gasteiger charge is 2.14. The van der Waals surface area contributed by atoms with Gasteiger partial charge in [-0.25, -0.2) is 0 Å². The number of pyridine rings is 1. The van der Waals surface area contributed by atoms with E-state index in [9.17, 15) is 5.11 Å². The summed E-state index contributed by atoms with van der Waals surface area (Å²) >= 11 is 0. The van der Waals surface area contributed by atoms with Crippen LogP contribution in [-0.4, -0.2) is 17.9 Å². The second-order valence-electron chi connectivity index (χ2n) is 3.25. The van der Waals surface area contributed by atoms with Gasteiger partial charge < -0.3 is 5.11 Å². The number of hydrogen-bond acceptors (Lipinski definition) is 2. The van der Waals surface area contributed by atoms with Gasteiger partial charge in [-0.2, -0.15) is 0 Å². The average molecular weight is 149 g/mol. The van der Waals surface area contributed by atoms with Gasteiger partial charge in [0.15, 0.2) is 7.85 Å². The molecule has 58 valence electrons. The van der Waals surface area contributed by atoms with E-state index in [2.05, 4.69) is 4.98 Å². The highest BCUT2D eigenvalue weighted by molar-refractivity contribution is 6.30. The highest BCUT2D eigenvalue weighted by atomic mass is 16.3. The fraction of sp³-hybridized carbons (Fsp3) is 0.375. The van der Waals surface area contributed by atoms with Crippen molar-refractivity contribution in [3.05, 3.63) is 23.9 Å². The van der Waals surface area contributed by atoms with Crippen LogP contribution in [0.3, 0.4) is 0 Å². The van der Waals surface area contributed by atoms with Crippen LogP contribution in [0.2, 0.25) is 0 Å². The molecule has 0 fully saturated rings. The zero-order chi connectivity index (χ0) is 8.48. The second-order valence-corrected chi connectivity index (χ2v) is 3.25. The van der Waals surface area contributed by atoms with Crippen LogP contribution in [0.5, 0.6) is 0 Å². The number of aromatic nitrogens is 1. The second kappa shape index (κ2) is 2.66. The molecule has 3 heteroatoms. The average Bonchev–Trinajstić information content (AvgIpc) is 1.86. The molecular weight excluding hydrogens is 137 g/mol. The minimum absolute atomic E-state index is 0.777. The van der Waals surface area contributed by atoms with Crippen LogP contribution in [0.25, 0.3) is 0 Å². The molecular formula is C8H12BNO. The van der Waals surface area contributed by atoms with Crippen molar-refractivity contribution in [1.82, 2.24) is 4.98 Å². The van der Waals surface area contributed by atoms with Crippen LogP contribution < -0.4 is 5.59 Å². The van der Waals surface area contributed by atoms with Crippen LogP contribution in [0.1, 0.15) is 19.4 Å². The Bertz CT molecular complexity index is 237. The van der Waals surface area contributed by atoms with Crippen LogP contribution in [0.15, 0.2) is 18.3 Å². The van der Waals surface area contributed by atoms with Gasteiger partial charge in [0, 0.05) is 11.8 Å². The molecule has 0 saturated heterocycles. The zero-order valence-electron chi connectivity index (χ0n) is 7.13. The third kappa shape index (κ3) is 2.05. The summed E-state index contributed by atoms with van der Waals surface area (Å²) < 4.78 is 0. The van der Waals surface area contributed by atoms with Gasteiger partial charge in [0.2, 0.25) is 0 Å². The molecule has 0 amide bonds. The van der Waals surface area contributed by atoms with E-state index < -0.39 is 5.60 Å². The maximum absolute atomic E-state index is 9.54. The van der Waals surface area contributed by atoms with Gasteiger partial charge in [-0.05, 0) is 19.4 Å². The minimum Gasteiger partial charge on any atom is -0.386 e. The third-order valence-corrected chi connectivity index (χ3v) is 1.62. The SMILES string of the molecule is Bc1ccc(C(C)(C)O)cn1. The Labute approximate surface area is 67.7 Å². The van der Waals surface area contributed by atoms with E-state index in [1.807, 2.05) is 20.0 Å². The van der Waals surface area contributed by atoms with Crippen molar-refractivity contribution < 1.29 is 5.11 Å². The molecule has 1 aromatic heterocycles. The zero-order valence-corrected chi connectivity index (χ0v) is 7.13. The van der Waals surface area contributed by atoms with E-state index in [-0.39, 0.29) is 0 Å². The van der Waals surface area contributed by atoms with Crippen molar-refractivity contribution >= 4 is 13.4 Å².